The summed E-state index contributed by atoms with van der Waals surface area (Å²) >= 11 is 0. The molecule has 0 heterocycles. The molecule has 0 N–H and O–H groups in total. The first-order valence-corrected chi connectivity index (χ1v) is 8.75. The second-order valence-electron chi connectivity index (χ2n) is 7.08. The predicted octanol–water partition coefficient (Wildman–Crippen LogP) is 3.26. The van der Waals surface area contributed by atoms with Crippen molar-refractivity contribution in [3.05, 3.63) is 76.7 Å². The van der Waals surface area contributed by atoms with Gasteiger partial charge in [0.25, 0.3) is 5.92 Å². The Kier molecular flexibility index (Phi) is 6.48. The molecule has 1 atom stereocenters. The first-order chi connectivity index (χ1) is 12.0. The van der Waals surface area contributed by atoms with Gasteiger partial charge in [-0.3, -0.25) is 0 Å². The summed E-state index contributed by atoms with van der Waals surface area (Å²) in [7, 11) is 0. The molecule has 132 valence electrons. The molecular weight excluding hydrogens is 414 g/mol. The van der Waals surface area contributed by atoms with Gasteiger partial charge in [-0.25, -0.2) is 17.6 Å². The first-order valence-electron chi connectivity index (χ1n) is 8.75. The van der Waals surface area contributed by atoms with Crippen molar-refractivity contribution in [1.82, 2.24) is 0 Å². The van der Waals surface area contributed by atoms with Gasteiger partial charge < -0.3 is 6.42 Å². The van der Waals surface area contributed by atoms with Crippen LogP contribution in [-0.2, 0) is 12.3 Å². The van der Waals surface area contributed by atoms with Crippen molar-refractivity contribution in [3.8, 4) is 0 Å². The molecular formula is C21H19F4Rb. The molecule has 0 aliphatic heterocycles. The number of rotatable bonds is 2. The number of hydrogen-bond acceptors (Lipinski definition) is 0. The van der Waals surface area contributed by atoms with Crippen molar-refractivity contribution in [2.45, 2.75) is 49.9 Å². The smallest absolute Gasteiger partial charge is 0.328 e. The number of hydrogen-bond donors (Lipinski definition) is 0. The summed E-state index contributed by atoms with van der Waals surface area (Å²) < 4.78 is 56.9. The monoisotopic (exact) mass is 432 g/mol. The summed E-state index contributed by atoms with van der Waals surface area (Å²) in [5.41, 5.74) is 1.07. The van der Waals surface area contributed by atoms with Crippen LogP contribution in [0.4, 0.5) is 17.6 Å². The van der Waals surface area contributed by atoms with Gasteiger partial charge in [0.2, 0.25) is 0 Å². The Labute approximate surface area is 200 Å². The third-order valence-corrected chi connectivity index (χ3v) is 5.62. The van der Waals surface area contributed by atoms with Crippen LogP contribution in [0.15, 0.2) is 36.4 Å². The van der Waals surface area contributed by atoms with Crippen LogP contribution in [0.2, 0.25) is 0 Å². The molecule has 0 nitrogen and oxygen atoms in total. The molecule has 4 rings (SSSR count). The van der Waals surface area contributed by atoms with Crippen LogP contribution in [-0.4, -0.2) is 0 Å². The van der Waals surface area contributed by atoms with E-state index in [0.717, 1.165) is 31.7 Å². The average Bonchev–Trinajstić information content (AvgIpc) is 2.90. The minimum atomic E-state index is -3.40. The fourth-order valence-electron chi connectivity index (χ4n) is 4.23. The molecule has 5 heteroatoms. The molecule has 2 aromatic rings. The Morgan fingerprint density at radius 3 is 2.15 bits per heavy atom. The molecule has 2 aliphatic carbocycles. The summed E-state index contributed by atoms with van der Waals surface area (Å²) in [6.07, 6.45) is 6.68. The van der Waals surface area contributed by atoms with Gasteiger partial charge in [0.05, 0.1) is 11.5 Å². The number of halogens is 4. The van der Waals surface area contributed by atoms with E-state index in [4.69, 9.17) is 0 Å². The average molecular weight is 433 g/mol. The minimum absolute atomic E-state index is 0. The van der Waals surface area contributed by atoms with Crippen molar-refractivity contribution >= 4 is 0 Å². The fraction of sp³-hybridized carbons (Fsp3) is 0.381. The maximum absolute atomic E-state index is 14.8. The SMILES string of the molecule is Fc1ccc2c(c1F)C(F)(F)C(c1ccc(C3CC[CH-]CC3)cc1)C2.[Rb+]. The molecule has 2 aromatic carbocycles. The van der Waals surface area contributed by atoms with Crippen molar-refractivity contribution in [3.63, 3.8) is 0 Å². The molecule has 0 radical (unpaired) electrons. The second kappa shape index (κ2) is 8.14. The molecule has 0 saturated heterocycles. The maximum Gasteiger partial charge on any atom is 1.00 e. The first kappa shape index (κ1) is 20.7. The largest absolute Gasteiger partial charge is 1.00 e. The van der Waals surface area contributed by atoms with Gasteiger partial charge in [-0.05, 0) is 35.1 Å². The number of benzene rings is 2. The summed E-state index contributed by atoms with van der Waals surface area (Å²) in [6.45, 7) is 0. The predicted molar refractivity (Wildman–Crippen MR) is 88.6 cm³/mol. The van der Waals surface area contributed by atoms with E-state index in [2.05, 4.69) is 6.42 Å². The van der Waals surface area contributed by atoms with Crippen LogP contribution in [0.1, 0.15) is 59.8 Å². The van der Waals surface area contributed by atoms with E-state index in [1.54, 1.807) is 12.1 Å². The van der Waals surface area contributed by atoms with Crippen LogP contribution in [0.5, 0.6) is 0 Å². The molecule has 1 unspecified atom stereocenters. The van der Waals surface area contributed by atoms with Gasteiger partial charge in [0, 0.05) is 0 Å². The Morgan fingerprint density at radius 1 is 0.885 bits per heavy atom. The second-order valence-corrected chi connectivity index (χ2v) is 7.08. The van der Waals surface area contributed by atoms with Crippen LogP contribution in [0, 0.1) is 18.1 Å². The zero-order valence-electron chi connectivity index (χ0n) is 14.7. The molecule has 0 bridgehead atoms. The molecule has 1 saturated carbocycles. The summed E-state index contributed by atoms with van der Waals surface area (Å²) in [4.78, 5) is 0. The van der Waals surface area contributed by atoms with E-state index in [0.29, 0.717) is 11.5 Å². The Bertz CT molecular complexity index is 779. The zero-order chi connectivity index (χ0) is 17.6. The van der Waals surface area contributed by atoms with Gasteiger partial charge >= 0.3 is 58.2 Å². The molecule has 1 fully saturated rings. The van der Waals surface area contributed by atoms with E-state index in [-0.39, 0.29) is 70.2 Å². The topological polar surface area (TPSA) is 0 Å². The Balaban J connectivity index is 0.00000196. The summed E-state index contributed by atoms with van der Waals surface area (Å²) in [5, 5.41) is 0. The van der Waals surface area contributed by atoms with Crippen LogP contribution in [0.3, 0.4) is 0 Å². The fourth-order valence-corrected chi connectivity index (χ4v) is 4.23. The molecule has 0 amide bonds. The van der Waals surface area contributed by atoms with Gasteiger partial charge in [0.15, 0.2) is 11.6 Å². The molecule has 0 spiro atoms. The van der Waals surface area contributed by atoms with Gasteiger partial charge in [-0.15, -0.1) is 0 Å². The quantitative estimate of drug-likeness (QED) is 0.505. The Hall–Kier alpha value is -0.0348. The van der Waals surface area contributed by atoms with E-state index in [1.165, 1.54) is 11.6 Å². The van der Waals surface area contributed by atoms with Crippen LogP contribution < -0.4 is 58.2 Å². The van der Waals surface area contributed by atoms with E-state index in [1.807, 2.05) is 12.1 Å². The van der Waals surface area contributed by atoms with Crippen molar-refractivity contribution in [2.75, 3.05) is 0 Å². The number of fused-ring (bicyclic) bond motifs is 1. The van der Waals surface area contributed by atoms with Crippen LogP contribution >= 0.6 is 0 Å². The van der Waals surface area contributed by atoms with Gasteiger partial charge in [-0.2, -0.15) is 12.8 Å². The molecule has 26 heavy (non-hydrogen) atoms. The van der Waals surface area contributed by atoms with E-state index >= 15 is 0 Å². The molecule has 2 aliphatic rings. The standard InChI is InChI=1S/C21H19F4.Rb/c22-18-11-10-16-12-17(21(24,25)19(16)20(18)23)15-8-6-14(7-9-15)13-4-2-1-3-5-13;/h1,6-11,13,17H,2-5,12H2;/q-1;+1. The maximum atomic E-state index is 14.8. The summed E-state index contributed by atoms with van der Waals surface area (Å²) in [6, 6.07) is 9.49. The van der Waals surface area contributed by atoms with Gasteiger partial charge in [-0.1, -0.05) is 43.2 Å². The third-order valence-electron chi connectivity index (χ3n) is 5.62. The third kappa shape index (κ3) is 3.64. The normalized spacial score (nSPS) is 21.9. The number of alkyl halides is 2. The summed E-state index contributed by atoms with van der Waals surface area (Å²) in [5.74, 6) is -6.70. The van der Waals surface area contributed by atoms with Gasteiger partial charge in [0.1, 0.15) is 0 Å². The van der Waals surface area contributed by atoms with Crippen molar-refractivity contribution in [2.24, 2.45) is 0 Å². The Morgan fingerprint density at radius 2 is 1.50 bits per heavy atom. The minimum Gasteiger partial charge on any atom is -0.328 e. The zero-order valence-corrected chi connectivity index (χ0v) is 19.7. The van der Waals surface area contributed by atoms with E-state index < -0.39 is 29.0 Å². The van der Waals surface area contributed by atoms with Crippen molar-refractivity contribution in [1.29, 1.82) is 0 Å². The van der Waals surface area contributed by atoms with Crippen LogP contribution in [0.25, 0.3) is 0 Å². The van der Waals surface area contributed by atoms with Crippen molar-refractivity contribution < 1.29 is 75.7 Å². The molecule has 0 aromatic heterocycles. The van der Waals surface area contributed by atoms with E-state index in [9.17, 15) is 17.6 Å².